The molecule has 2 saturated heterocycles. The average Bonchev–Trinajstić information content (AvgIpc) is 3.47. The minimum Gasteiger partial charge on any atom is -0.387 e. The van der Waals surface area contributed by atoms with Gasteiger partial charge in [-0.15, -0.1) is 0 Å². The van der Waals surface area contributed by atoms with Crippen LogP contribution in [0.2, 0.25) is 5.02 Å². The Morgan fingerprint density at radius 2 is 1.87 bits per heavy atom. The SMILES string of the molecule is CC(c1cnc(N2CC[C@H]2CN2CC(O)(C(C)C)C2)nc1)n1cc(NC(=O)c2cncc(-c3c(C(F)F)ccc(Cl)c3F)n2)cn1. The van der Waals surface area contributed by atoms with Crippen molar-refractivity contribution in [1.29, 1.82) is 0 Å². The van der Waals surface area contributed by atoms with Gasteiger partial charge in [-0.3, -0.25) is 19.4 Å². The van der Waals surface area contributed by atoms with E-state index in [9.17, 15) is 23.1 Å². The number of carbonyl (C=O) groups excluding carboxylic acids is 1. The van der Waals surface area contributed by atoms with Crippen LogP contribution in [0.5, 0.6) is 0 Å². The normalized spacial score (nSPS) is 18.4. The van der Waals surface area contributed by atoms with Crippen molar-refractivity contribution >= 4 is 29.1 Å². The van der Waals surface area contributed by atoms with Crippen molar-refractivity contribution in [1.82, 2.24) is 34.6 Å². The molecule has 2 N–H and O–H groups in total. The van der Waals surface area contributed by atoms with E-state index in [1.165, 1.54) is 6.20 Å². The Bertz CT molecular complexity index is 1730. The number of alkyl halides is 2. The topological polar surface area (TPSA) is 125 Å². The highest BCUT2D eigenvalue weighted by atomic mass is 35.5. The maximum atomic E-state index is 14.7. The summed E-state index contributed by atoms with van der Waals surface area (Å²) in [5, 5.41) is 17.2. The van der Waals surface area contributed by atoms with E-state index in [0.717, 1.165) is 49.6 Å². The molecular weight excluding hydrogens is 623 g/mol. The first-order valence-corrected chi connectivity index (χ1v) is 15.3. The third-order valence-corrected chi connectivity index (χ3v) is 9.11. The second-order valence-corrected chi connectivity index (χ2v) is 12.5. The van der Waals surface area contributed by atoms with Crippen molar-refractivity contribution in [3.8, 4) is 11.3 Å². The van der Waals surface area contributed by atoms with E-state index in [1.54, 1.807) is 23.3 Å². The summed E-state index contributed by atoms with van der Waals surface area (Å²) in [7, 11) is 0. The van der Waals surface area contributed by atoms with Crippen LogP contribution in [0.4, 0.5) is 24.8 Å². The summed E-state index contributed by atoms with van der Waals surface area (Å²) in [5.74, 6) is -0.880. The van der Waals surface area contributed by atoms with Gasteiger partial charge in [0.15, 0.2) is 5.82 Å². The molecule has 0 spiro atoms. The number of hydrogen-bond acceptors (Lipinski definition) is 9. The zero-order valence-corrected chi connectivity index (χ0v) is 26.2. The number of likely N-dealkylation sites (tertiary alicyclic amines) is 1. The number of hydrogen-bond donors (Lipinski definition) is 2. The number of aliphatic hydroxyl groups is 1. The molecule has 1 unspecified atom stereocenters. The number of halogens is 4. The number of anilines is 2. The van der Waals surface area contributed by atoms with Crippen molar-refractivity contribution in [2.45, 2.75) is 51.3 Å². The fourth-order valence-corrected chi connectivity index (χ4v) is 5.83. The summed E-state index contributed by atoms with van der Waals surface area (Å²) in [6.07, 6.45) is 6.87. The van der Waals surface area contributed by atoms with E-state index in [1.807, 2.05) is 20.8 Å². The van der Waals surface area contributed by atoms with Crippen molar-refractivity contribution < 1.29 is 23.1 Å². The number of nitrogens with one attached hydrogen (secondary N) is 1. The van der Waals surface area contributed by atoms with Gasteiger partial charge in [0.05, 0.1) is 46.6 Å². The molecule has 2 atom stereocenters. The minimum absolute atomic E-state index is 0.212. The van der Waals surface area contributed by atoms with E-state index in [2.05, 4.69) is 40.2 Å². The highest BCUT2D eigenvalue weighted by Crippen LogP contribution is 2.36. The van der Waals surface area contributed by atoms with Crippen LogP contribution in [0.15, 0.2) is 49.3 Å². The highest BCUT2D eigenvalue weighted by Gasteiger charge is 2.45. The summed E-state index contributed by atoms with van der Waals surface area (Å²) in [4.78, 5) is 34.6. The third kappa shape index (κ3) is 6.16. The van der Waals surface area contributed by atoms with E-state index in [0.29, 0.717) is 30.8 Å². The van der Waals surface area contributed by atoms with Crippen LogP contribution in [-0.2, 0) is 0 Å². The molecule has 4 aromatic rings. The fourth-order valence-electron chi connectivity index (χ4n) is 5.68. The molecule has 11 nitrogen and oxygen atoms in total. The molecule has 0 radical (unpaired) electrons. The van der Waals surface area contributed by atoms with Crippen LogP contribution >= 0.6 is 11.6 Å². The maximum Gasteiger partial charge on any atom is 0.275 e. The van der Waals surface area contributed by atoms with E-state index < -0.39 is 34.9 Å². The van der Waals surface area contributed by atoms with Gasteiger partial charge in [0, 0.05) is 67.5 Å². The quantitative estimate of drug-likeness (QED) is 0.243. The lowest BCUT2D eigenvalue weighted by Crippen LogP contribution is -2.67. The number of carbonyl (C=O) groups is 1. The molecule has 3 aromatic heterocycles. The second-order valence-electron chi connectivity index (χ2n) is 12.1. The molecule has 5 heterocycles. The Kier molecular flexibility index (Phi) is 8.70. The number of benzene rings is 1. The Labute approximate surface area is 268 Å². The predicted molar refractivity (Wildman–Crippen MR) is 165 cm³/mol. The van der Waals surface area contributed by atoms with Crippen molar-refractivity contribution in [2.24, 2.45) is 5.92 Å². The zero-order chi connectivity index (χ0) is 32.7. The summed E-state index contributed by atoms with van der Waals surface area (Å²) in [6, 6.07) is 2.09. The molecule has 242 valence electrons. The largest absolute Gasteiger partial charge is 0.387 e. The van der Waals surface area contributed by atoms with E-state index in [4.69, 9.17) is 11.6 Å². The summed E-state index contributed by atoms with van der Waals surface area (Å²) in [5.41, 5.74) is -1.03. The van der Waals surface area contributed by atoms with Gasteiger partial charge >= 0.3 is 0 Å². The van der Waals surface area contributed by atoms with Gasteiger partial charge in [0.1, 0.15) is 5.69 Å². The van der Waals surface area contributed by atoms with Crippen LogP contribution < -0.4 is 10.2 Å². The van der Waals surface area contributed by atoms with Crippen LogP contribution in [0, 0.1) is 11.7 Å². The number of rotatable bonds is 10. The first kappa shape index (κ1) is 31.8. The zero-order valence-electron chi connectivity index (χ0n) is 25.4. The Morgan fingerprint density at radius 3 is 2.52 bits per heavy atom. The van der Waals surface area contributed by atoms with Gasteiger partial charge in [-0.1, -0.05) is 31.5 Å². The number of β-amino-alcohol motifs (C(OH)–C–C–N with tert-alkyl or cyclic N) is 1. The fraction of sp³-hybridized carbons (Fsp3) is 0.419. The first-order chi connectivity index (χ1) is 21.9. The molecule has 2 aliphatic heterocycles. The van der Waals surface area contributed by atoms with Crippen molar-refractivity contribution in [3.05, 3.63) is 77.0 Å². The number of amides is 1. The summed E-state index contributed by atoms with van der Waals surface area (Å²) in [6.45, 7) is 9.11. The van der Waals surface area contributed by atoms with Gasteiger partial charge < -0.3 is 15.3 Å². The lowest BCUT2D eigenvalue weighted by Gasteiger charge is -2.52. The van der Waals surface area contributed by atoms with Crippen LogP contribution in [0.3, 0.4) is 0 Å². The van der Waals surface area contributed by atoms with Gasteiger partial charge in [-0.25, -0.2) is 28.1 Å². The summed E-state index contributed by atoms with van der Waals surface area (Å²) < 4.78 is 43.6. The van der Waals surface area contributed by atoms with Crippen molar-refractivity contribution in [2.75, 3.05) is 36.4 Å². The van der Waals surface area contributed by atoms with Crippen LogP contribution in [-0.4, -0.2) is 83.5 Å². The van der Waals surface area contributed by atoms with Crippen LogP contribution in [0.1, 0.15) is 61.3 Å². The third-order valence-electron chi connectivity index (χ3n) is 8.82. The smallest absolute Gasteiger partial charge is 0.275 e. The van der Waals surface area contributed by atoms with E-state index in [-0.39, 0.29) is 28.4 Å². The molecule has 46 heavy (non-hydrogen) atoms. The predicted octanol–water partition coefficient (Wildman–Crippen LogP) is 5.00. The Morgan fingerprint density at radius 1 is 1.13 bits per heavy atom. The molecule has 1 amide bonds. The first-order valence-electron chi connectivity index (χ1n) is 14.9. The molecule has 0 saturated carbocycles. The molecular formula is C31H33ClF3N9O2. The standard InChI is InChI=1S/C31H33ClF3N9O2/c1-17(2)31(46)15-42(16-31)14-21-6-7-43(21)30-37-8-19(9-38-30)18(3)44-13-20(10-39-44)40-29(45)25-12-36-11-24(41-25)26-22(28(34)35)4-5-23(32)27(26)33/h4-5,8-13,17-18,21,28,46H,6-7,14-16H2,1-3H3,(H,40,45)/t18?,21-/m0/s1. The monoisotopic (exact) mass is 655 g/mol. The second kappa shape index (κ2) is 12.6. The summed E-state index contributed by atoms with van der Waals surface area (Å²) >= 11 is 5.82. The molecule has 1 aromatic carbocycles. The van der Waals surface area contributed by atoms with Gasteiger partial charge in [-0.05, 0) is 25.3 Å². The molecule has 6 rings (SSSR count). The molecule has 2 aliphatic rings. The minimum atomic E-state index is -2.99. The lowest BCUT2D eigenvalue weighted by molar-refractivity contribution is -0.129. The van der Waals surface area contributed by atoms with Gasteiger partial charge in [0.2, 0.25) is 5.95 Å². The lowest BCUT2D eigenvalue weighted by atomic mass is 9.82. The number of aromatic nitrogens is 6. The Hall–Kier alpha value is -4.14. The molecule has 2 fully saturated rings. The maximum absolute atomic E-state index is 14.7. The van der Waals surface area contributed by atoms with Gasteiger partial charge in [0.25, 0.3) is 12.3 Å². The van der Waals surface area contributed by atoms with Crippen molar-refractivity contribution in [3.63, 3.8) is 0 Å². The Balaban J connectivity index is 1.08. The average molecular weight is 656 g/mol. The molecule has 0 bridgehead atoms. The number of nitrogens with zero attached hydrogens (tertiary/aromatic N) is 8. The molecule has 0 aliphatic carbocycles. The highest BCUT2D eigenvalue weighted by molar-refractivity contribution is 6.31. The van der Waals surface area contributed by atoms with E-state index >= 15 is 0 Å². The van der Waals surface area contributed by atoms with Gasteiger partial charge in [-0.2, -0.15) is 5.10 Å². The van der Waals surface area contributed by atoms with Crippen LogP contribution in [0.25, 0.3) is 11.3 Å². The molecule has 15 heteroatoms.